The Labute approximate surface area is 140 Å². The zero-order valence-corrected chi connectivity index (χ0v) is 13.4. The van der Waals surface area contributed by atoms with Crippen LogP contribution in [0.4, 0.5) is 15.9 Å². The molecule has 2 aliphatic heterocycles. The number of benzene rings is 1. The van der Waals surface area contributed by atoms with E-state index in [2.05, 4.69) is 9.88 Å². The fourth-order valence-corrected chi connectivity index (χ4v) is 3.52. The summed E-state index contributed by atoms with van der Waals surface area (Å²) in [6.45, 7) is 1.83. The van der Waals surface area contributed by atoms with Crippen molar-refractivity contribution in [3.05, 3.63) is 41.8 Å². The summed E-state index contributed by atoms with van der Waals surface area (Å²) in [5, 5.41) is 0. The van der Waals surface area contributed by atoms with Crippen LogP contribution in [0.5, 0.6) is 11.5 Å². The molecule has 2 aromatic rings. The lowest BCUT2D eigenvalue weighted by Crippen LogP contribution is -2.34. The average Bonchev–Trinajstić information content (AvgIpc) is 2.62. The Balaban J connectivity index is 1.75. The Morgan fingerprint density at radius 1 is 1.17 bits per heavy atom. The first-order valence-corrected chi connectivity index (χ1v) is 8.29. The number of nitrogens with zero attached hydrogens (tertiary/aromatic N) is 2. The molecule has 5 nitrogen and oxygen atoms in total. The van der Waals surface area contributed by atoms with Crippen LogP contribution < -0.4 is 20.1 Å². The molecule has 1 aromatic carbocycles. The van der Waals surface area contributed by atoms with Crippen LogP contribution in [0, 0.1) is 5.82 Å². The number of aromatic nitrogens is 1. The van der Waals surface area contributed by atoms with Crippen molar-refractivity contribution in [2.45, 2.75) is 25.3 Å². The summed E-state index contributed by atoms with van der Waals surface area (Å²) in [4.78, 5) is 6.45. The summed E-state index contributed by atoms with van der Waals surface area (Å²) in [6, 6.07) is 6.76. The third kappa shape index (κ3) is 2.72. The molecule has 2 aliphatic rings. The highest BCUT2D eigenvalue weighted by Gasteiger charge is 2.30. The van der Waals surface area contributed by atoms with Crippen LogP contribution in [0.25, 0.3) is 0 Å². The summed E-state index contributed by atoms with van der Waals surface area (Å²) in [5.41, 5.74) is 7.54. The first-order chi connectivity index (χ1) is 11.7. The number of anilines is 2. The largest absolute Gasteiger partial charge is 0.486 e. The summed E-state index contributed by atoms with van der Waals surface area (Å²) >= 11 is 0. The molecule has 0 bridgehead atoms. The minimum Gasteiger partial charge on any atom is -0.486 e. The summed E-state index contributed by atoms with van der Waals surface area (Å²) in [6.07, 6.45) is 4.89. The van der Waals surface area contributed by atoms with Crippen molar-refractivity contribution in [2.75, 3.05) is 30.4 Å². The van der Waals surface area contributed by atoms with E-state index in [0.29, 0.717) is 30.5 Å². The molecule has 1 atom stereocenters. The molecule has 1 aromatic heterocycles. The summed E-state index contributed by atoms with van der Waals surface area (Å²) < 4.78 is 25.5. The molecule has 0 spiro atoms. The van der Waals surface area contributed by atoms with E-state index in [-0.39, 0.29) is 11.9 Å². The quantitative estimate of drug-likeness (QED) is 0.916. The Hall–Kier alpha value is -2.50. The molecular formula is C18H20FN3O2. The lowest BCUT2D eigenvalue weighted by atomic mass is 9.93. The van der Waals surface area contributed by atoms with Crippen LogP contribution in [-0.4, -0.2) is 24.7 Å². The molecule has 0 amide bonds. The van der Waals surface area contributed by atoms with E-state index in [1.165, 1.54) is 6.07 Å². The van der Waals surface area contributed by atoms with E-state index in [9.17, 15) is 4.39 Å². The first-order valence-electron chi connectivity index (χ1n) is 8.29. The van der Waals surface area contributed by atoms with Gasteiger partial charge in [0.2, 0.25) is 0 Å². The van der Waals surface area contributed by atoms with Crippen molar-refractivity contribution in [3.63, 3.8) is 0 Å². The Kier molecular flexibility index (Phi) is 3.88. The minimum atomic E-state index is -0.296. The van der Waals surface area contributed by atoms with E-state index in [1.54, 1.807) is 18.3 Å². The van der Waals surface area contributed by atoms with Crippen molar-refractivity contribution >= 4 is 11.5 Å². The zero-order valence-electron chi connectivity index (χ0n) is 13.4. The van der Waals surface area contributed by atoms with Gasteiger partial charge in [-0.25, -0.2) is 9.37 Å². The van der Waals surface area contributed by atoms with E-state index < -0.39 is 0 Å². The Bertz CT molecular complexity index is 736. The number of halogens is 1. The van der Waals surface area contributed by atoms with E-state index >= 15 is 0 Å². The molecule has 126 valence electrons. The maximum atomic E-state index is 14.1. The third-order valence-corrected chi connectivity index (χ3v) is 4.60. The van der Waals surface area contributed by atoms with Crippen LogP contribution in [0.15, 0.2) is 30.5 Å². The van der Waals surface area contributed by atoms with Gasteiger partial charge in [-0.3, -0.25) is 0 Å². The molecule has 1 unspecified atom stereocenters. The molecule has 0 aliphatic carbocycles. The zero-order chi connectivity index (χ0) is 16.5. The van der Waals surface area contributed by atoms with Gasteiger partial charge in [0.1, 0.15) is 24.8 Å². The highest BCUT2D eigenvalue weighted by molar-refractivity contribution is 5.55. The SMILES string of the molecule is Nc1ccc(N2CCCCC2c2cc(F)cc3c2OCCO3)cn1. The lowest BCUT2D eigenvalue weighted by Gasteiger charge is -2.39. The van der Waals surface area contributed by atoms with Crippen LogP contribution in [0.2, 0.25) is 0 Å². The lowest BCUT2D eigenvalue weighted by molar-refractivity contribution is 0.167. The van der Waals surface area contributed by atoms with Crippen LogP contribution in [0.3, 0.4) is 0 Å². The van der Waals surface area contributed by atoms with Crippen LogP contribution in [0.1, 0.15) is 30.9 Å². The molecular weight excluding hydrogens is 309 g/mol. The molecule has 2 N–H and O–H groups in total. The second-order valence-electron chi connectivity index (χ2n) is 6.17. The minimum absolute atomic E-state index is 0.0373. The van der Waals surface area contributed by atoms with E-state index in [0.717, 1.165) is 37.1 Å². The number of fused-ring (bicyclic) bond motifs is 1. The molecule has 0 radical (unpaired) electrons. The second kappa shape index (κ2) is 6.19. The van der Waals surface area contributed by atoms with Crippen molar-refractivity contribution in [1.82, 2.24) is 4.98 Å². The van der Waals surface area contributed by atoms with Gasteiger partial charge in [-0.1, -0.05) is 0 Å². The van der Waals surface area contributed by atoms with Crippen molar-refractivity contribution < 1.29 is 13.9 Å². The van der Waals surface area contributed by atoms with Gasteiger partial charge in [0.15, 0.2) is 11.5 Å². The van der Waals surface area contributed by atoms with Gasteiger partial charge < -0.3 is 20.1 Å². The van der Waals surface area contributed by atoms with Crippen LogP contribution >= 0.6 is 0 Å². The molecule has 24 heavy (non-hydrogen) atoms. The fraction of sp³-hybridized carbons (Fsp3) is 0.389. The predicted molar refractivity (Wildman–Crippen MR) is 90.0 cm³/mol. The smallest absolute Gasteiger partial charge is 0.166 e. The number of hydrogen-bond donors (Lipinski definition) is 1. The molecule has 4 rings (SSSR count). The highest BCUT2D eigenvalue weighted by atomic mass is 19.1. The number of piperidine rings is 1. The van der Waals surface area contributed by atoms with E-state index in [1.807, 2.05) is 6.07 Å². The number of nitrogens with two attached hydrogens (primary N) is 1. The Morgan fingerprint density at radius 2 is 2.04 bits per heavy atom. The second-order valence-corrected chi connectivity index (χ2v) is 6.17. The Morgan fingerprint density at radius 3 is 2.88 bits per heavy atom. The third-order valence-electron chi connectivity index (χ3n) is 4.60. The molecule has 1 saturated heterocycles. The average molecular weight is 329 g/mol. The maximum Gasteiger partial charge on any atom is 0.166 e. The number of nitrogen functional groups attached to an aromatic ring is 1. The maximum absolute atomic E-state index is 14.1. The van der Waals surface area contributed by atoms with Crippen molar-refractivity contribution in [1.29, 1.82) is 0 Å². The van der Waals surface area contributed by atoms with Gasteiger partial charge in [-0.15, -0.1) is 0 Å². The van der Waals surface area contributed by atoms with Gasteiger partial charge in [-0.2, -0.15) is 0 Å². The normalized spacial score (nSPS) is 20.0. The van der Waals surface area contributed by atoms with Gasteiger partial charge >= 0.3 is 0 Å². The fourth-order valence-electron chi connectivity index (χ4n) is 3.52. The summed E-state index contributed by atoms with van der Waals surface area (Å²) in [5.74, 6) is 1.36. The van der Waals surface area contributed by atoms with Gasteiger partial charge in [0, 0.05) is 18.2 Å². The molecule has 6 heteroatoms. The topological polar surface area (TPSA) is 60.6 Å². The number of rotatable bonds is 2. The predicted octanol–water partition coefficient (Wildman–Crippen LogP) is 3.31. The molecule has 0 saturated carbocycles. The van der Waals surface area contributed by atoms with E-state index in [4.69, 9.17) is 15.2 Å². The standard InChI is InChI=1S/C18H20FN3O2/c19-12-9-14(18-16(10-12)23-7-8-24-18)15-3-1-2-6-22(15)13-4-5-17(20)21-11-13/h4-5,9-11,15H,1-3,6-8H2,(H2,20,21). The van der Waals surface area contributed by atoms with Gasteiger partial charge in [0.05, 0.1) is 17.9 Å². The molecule has 3 heterocycles. The number of hydrogen-bond acceptors (Lipinski definition) is 5. The van der Waals surface area contributed by atoms with Gasteiger partial charge in [-0.05, 0) is 37.5 Å². The number of pyridine rings is 1. The number of ether oxygens (including phenoxy) is 2. The highest BCUT2D eigenvalue weighted by Crippen LogP contribution is 2.44. The molecule has 1 fully saturated rings. The summed E-state index contributed by atoms with van der Waals surface area (Å²) in [7, 11) is 0. The van der Waals surface area contributed by atoms with Crippen molar-refractivity contribution in [3.8, 4) is 11.5 Å². The van der Waals surface area contributed by atoms with Crippen LogP contribution in [-0.2, 0) is 0 Å². The van der Waals surface area contributed by atoms with Crippen molar-refractivity contribution in [2.24, 2.45) is 0 Å². The van der Waals surface area contributed by atoms with Gasteiger partial charge in [0.25, 0.3) is 0 Å². The first kappa shape index (κ1) is 15.1. The monoisotopic (exact) mass is 329 g/mol.